The lowest BCUT2D eigenvalue weighted by molar-refractivity contribution is -0.125. The maximum atomic E-state index is 12.1. The van der Waals surface area contributed by atoms with Gasteiger partial charge in [0.1, 0.15) is 5.78 Å². The van der Waals surface area contributed by atoms with Crippen LogP contribution < -0.4 is 0 Å². The van der Waals surface area contributed by atoms with Gasteiger partial charge in [0.15, 0.2) is 0 Å². The van der Waals surface area contributed by atoms with E-state index in [0.717, 1.165) is 18.4 Å². The number of rotatable bonds is 1. The van der Waals surface area contributed by atoms with Crippen LogP contribution in [0.5, 0.6) is 0 Å². The van der Waals surface area contributed by atoms with Crippen LogP contribution in [0.25, 0.3) is 0 Å². The molecule has 1 aromatic rings. The van der Waals surface area contributed by atoms with Crippen molar-refractivity contribution in [2.45, 2.75) is 32.6 Å². The van der Waals surface area contributed by atoms with E-state index in [9.17, 15) is 4.79 Å². The number of nitriles is 1. The van der Waals surface area contributed by atoms with Crippen LogP contribution in [0, 0.1) is 16.7 Å². The van der Waals surface area contributed by atoms with Crippen LogP contribution in [0.3, 0.4) is 0 Å². The summed E-state index contributed by atoms with van der Waals surface area (Å²) in [6.07, 6.45) is 1.88. The molecule has 1 aliphatic rings. The van der Waals surface area contributed by atoms with E-state index in [4.69, 9.17) is 5.26 Å². The van der Waals surface area contributed by atoms with Crippen molar-refractivity contribution in [2.75, 3.05) is 0 Å². The SMILES string of the molecule is CC1(C)CCC(c2ccc(C#N)cc2)C1=O. The van der Waals surface area contributed by atoms with Gasteiger partial charge >= 0.3 is 0 Å². The van der Waals surface area contributed by atoms with Crippen molar-refractivity contribution in [3.05, 3.63) is 35.4 Å². The lowest BCUT2D eigenvalue weighted by Gasteiger charge is -2.16. The molecule has 1 unspecified atom stereocenters. The number of carbonyl (C=O) groups excluding carboxylic acids is 1. The summed E-state index contributed by atoms with van der Waals surface area (Å²) in [5.74, 6) is 0.361. The van der Waals surface area contributed by atoms with Gasteiger partial charge in [0.05, 0.1) is 11.6 Å². The van der Waals surface area contributed by atoms with Gasteiger partial charge < -0.3 is 0 Å². The topological polar surface area (TPSA) is 40.9 Å². The van der Waals surface area contributed by atoms with Gasteiger partial charge in [0.25, 0.3) is 0 Å². The van der Waals surface area contributed by atoms with E-state index in [1.54, 1.807) is 12.1 Å². The van der Waals surface area contributed by atoms with Crippen molar-refractivity contribution in [3.8, 4) is 6.07 Å². The van der Waals surface area contributed by atoms with Gasteiger partial charge in [-0.3, -0.25) is 4.79 Å². The van der Waals surface area contributed by atoms with E-state index in [0.29, 0.717) is 11.3 Å². The molecule has 1 fully saturated rings. The van der Waals surface area contributed by atoms with Crippen molar-refractivity contribution in [3.63, 3.8) is 0 Å². The first-order valence-corrected chi connectivity index (χ1v) is 5.59. The zero-order valence-corrected chi connectivity index (χ0v) is 9.66. The average Bonchev–Trinajstić information content (AvgIpc) is 2.55. The quantitative estimate of drug-likeness (QED) is 0.719. The Morgan fingerprint density at radius 3 is 2.38 bits per heavy atom. The zero-order valence-electron chi connectivity index (χ0n) is 9.66. The lowest BCUT2D eigenvalue weighted by Crippen LogP contribution is -2.20. The molecule has 0 radical (unpaired) electrons. The fourth-order valence-corrected chi connectivity index (χ4v) is 2.34. The molecule has 0 aliphatic heterocycles. The number of hydrogen-bond acceptors (Lipinski definition) is 2. The Morgan fingerprint density at radius 2 is 1.94 bits per heavy atom. The molecule has 2 heteroatoms. The number of hydrogen-bond donors (Lipinski definition) is 0. The van der Waals surface area contributed by atoms with Gasteiger partial charge in [-0.1, -0.05) is 26.0 Å². The molecule has 1 aromatic carbocycles. The van der Waals surface area contributed by atoms with Crippen LogP contribution >= 0.6 is 0 Å². The molecule has 0 spiro atoms. The molecule has 0 amide bonds. The molecule has 0 saturated heterocycles. The number of benzene rings is 1. The summed E-state index contributed by atoms with van der Waals surface area (Å²) in [5.41, 5.74) is 1.52. The Bertz CT molecular complexity index is 451. The predicted molar refractivity (Wildman–Crippen MR) is 61.9 cm³/mol. The fourth-order valence-electron chi connectivity index (χ4n) is 2.34. The zero-order chi connectivity index (χ0) is 11.8. The maximum absolute atomic E-state index is 12.1. The predicted octanol–water partition coefficient (Wildman–Crippen LogP) is 3.03. The molecule has 0 bridgehead atoms. The second kappa shape index (κ2) is 3.75. The smallest absolute Gasteiger partial charge is 0.145 e. The summed E-state index contributed by atoms with van der Waals surface area (Å²) < 4.78 is 0. The first-order chi connectivity index (χ1) is 7.54. The monoisotopic (exact) mass is 213 g/mol. The Kier molecular flexibility index (Phi) is 2.55. The first-order valence-electron chi connectivity index (χ1n) is 5.59. The highest BCUT2D eigenvalue weighted by Crippen LogP contribution is 2.42. The lowest BCUT2D eigenvalue weighted by atomic mass is 9.87. The Balaban J connectivity index is 2.27. The van der Waals surface area contributed by atoms with Crippen molar-refractivity contribution in [2.24, 2.45) is 5.41 Å². The molecule has 1 saturated carbocycles. The number of Topliss-reactive ketones (excluding diaryl/α,β-unsaturated/α-hetero) is 1. The van der Waals surface area contributed by atoms with Crippen LogP contribution in [-0.4, -0.2) is 5.78 Å². The third-order valence-electron chi connectivity index (χ3n) is 3.48. The fraction of sp³-hybridized carbons (Fsp3) is 0.429. The molecular weight excluding hydrogens is 198 g/mol. The van der Waals surface area contributed by atoms with Gasteiger partial charge in [-0.15, -0.1) is 0 Å². The number of carbonyl (C=O) groups is 1. The highest BCUT2D eigenvalue weighted by atomic mass is 16.1. The van der Waals surface area contributed by atoms with Crippen LogP contribution in [0.15, 0.2) is 24.3 Å². The summed E-state index contributed by atoms with van der Waals surface area (Å²) in [6.45, 7) is 4.03. The van der Waals surface area contributed by atoms with Crippen molar-refractivity contribution in [1.29, 1.82) is 5.26 Å². The molecule has 2 rings (SSSR count). The minimum atomic E-state index is -0.182. The summed E-state index contributed by atoms with van der Waals surface area (Å²) in [4.78, 5) is 12.1. The van der Waals surface area contributed by atoms with E-state index < -0.39 is 0 Å². The summed E-state index contributed by atoms with van der Waals surface area (Å²) >= 11 is 0. The van der Waals surface area contributed by atoms with E-state index in [2.05, 4.69) is 6.07 Å². The minimum Gasteiger partial charge on any atom is -0.298 e. The Hall–Kier alpha value is -1.62. The second-order valence-electron chi connectivity index (χ2n) is 5.07. The van der Waals surface area contributed by atoms with E-state index in [1.807, 2.05) is 26.0 Å². The highest BCUT2D eigenvalue weighted by molar-refractivity contribution is 5.92. The minimum absolute atomic E-state index is 0.0303. The third kappa shape index (κ3) is 1.74. The maximum Gasteiger partial charge on any atom is 0.145 e. The Morgan fingerprint density at radius 1 is 1.31 bits per heavy atom. The molecule has 2 nitrogen and oxygen atoms in total. The van der Waals surface area contributed by atoms with E-state index >= 15 is 0 Å². The molecule has 82 valence electrons. The van der Waals surface area contributed by atoms with Crippen molar-refractivity contribution < 1.29 is 4.79 Å². The molecule has 0 heterocycles. The van der Waals surface area contributed by atoms with Crippen LogP contribution in [0.4, 0.5) is 0 Å². The number of ketones is 1. The summed E-state index contributed by atoms with van der Waals surface area (Å²) in [5, 5.41) is 8.71. The molecule has 1 aliphatic carbocycles. The van der Waals surface area contributed by atoms with Gasteiger partial charge in [0.2, 0.25) is 0 Å². The highest BCUT2D eigenvalue weighted by Gasteiger charge is 2.40. The Labute approximate surface area is 95.9 Å². The van der Waals surface area contributed by atoms with Gasteiger partial charge in [-0.05, 0) is 30.5 Å². The third-order valence-corrected chi connectivity index (χ3v) is 3.48. The largest absolute Gasteiger partial charge is 0.298 e. The van der Waals surface area contributed by atoms with Crippen molar-refractivity contribution >= 4 is 5.78 Å². The number of nitrogens with zero attached hydrogens (tertiary/aromatic N) is 1. The standard InChI is InChI=1S/C14H15NO/c1-14(2)8-7-12(13(14)16)11-5-3-10(9-15)4-6-11/h3-6,12H,7-8H2,1-2H3. The van der Waals surface area contributed by atoms with Gasteiger partial charge in [-0.2, -0.15) is 5.26 Å². The van der Waals surface area contributed by atoms with E-state index in [-0.39, 0.29) is 11.3 Å². The summed E-state index contributed by atoms with van der Waals surface area (Å²) in [6, 6.07) is 9.47. The molecule has 0 aromatic heterocycles. The molecule has 1 atom stereocenters. The van der Waals surface area contributed by atoms with E-state index in [1.165, 1.54) is 0 Å². The average molecular weight is 213 g/mol. The van der Waals surface area contributed by atoms with Gasteiger partial charge in [-0.25, -0.2) is 0 Å². The summed E-state index contributed by atoms with van der Waals surface area (Å²) in [7, 11) is 0. The molecule has 16 heavy (non-hydrogen) atoms. The van der Waals surface area contributed by atoms with Crippen LogP contribution in [-0.2, 0) is 4.79 Å². The van der Waals surface area contributed by atoms with Crippen molar-refractivity contribution in [1.82, 2.24) is 0 Å². The van der Waals surface area contributed by atoms with Gasteiger partial charge in [0, 0.05) is 11.3 Å². The first kappa shape index (κ1) is 10.9. The normalized spacial score (nSPS) is 23.1. The molecule has 0 N–H and O–H groups in total. The van der Waals surface area contributed by atoms with Crippen LogP contribution in [0.1, 0.15) is 43.7 Å². The van der Waals surface area contributed by atoms with Crippen LogP contribution in [0.2, 0.25) is 0 Å². The molecular formula is C14H15NO. The second-order valence-corrected chi connectivity index (χ2v) is 5.07.